The third-order valence-electron chi connectivity index (χ3n) is 5.05. The highest BCUT2D eigenvalue weighted by molar-refractivity contribution is 9.09. The van der Waals surface area contributed by atoms with Crippen LogP contribution in [0.2, 0.25) is 5.02 Å². The summed E-state index contributed by atoms with van der Waals surface area (Å²) in [6.07, 6.45) is 1.57. The van der Waals surface area contributed by atoms with E-state index in [0.29, 0.717) is 11.4 Å². The van der Waals surface area contributed by atoms with E-state index in [2.05, 4.69) is 15.9 Å². The van der Waals surface area contributed by atoms with Crippen molar-refractivity contribution in [2.45, 2.75) is 57.7 Å². The lowest BCUT2D eigenvalue weighted by atomic mass is 9.78. The maximum atomic E-state index is 12.1. The van der Waals surface area contributed by atoms with Crippen molar-refractivity contribution in [3.8, 4) is 0 Å². The summed E-state index contributed by atoms with van der Waals surface area (Å²) in [5, 5.41) is 1.36. The minimum atomic E-state index is -0.523. The topological polar surface area (TPSA) is 44.8 Å². The number of carbonyl (C=O) groups is 1. The van der Waals surface area contributed by atoms with Gasteiger partial charge in [0.25, 0.3) is 0 Å². The molecule has 1 atom stereocenters. The number of rotatable bonds is 6. The van der Waals surface area contributed by atoms with Crippen molar-refractivity contribution in [1.82, 2.24) is 0 Å². The van der Waals surface area contributed by atoms with Crippen LogP contribution in [-0.4, -0.2) is 36.7 Å². The molecular formula is C18H25BBrClO4. The zero-order valence-corrected chi connectivity index (χ0v) is 17.7. The van der Waals surface area contributed by atoms with Crippen molar-refractivity contribution in [3.63, 3.8) is 0 Å². The Labute approximate surface area is 163 Å². The van der Waals surface area contributed by atoms with E-state index < -0.39 is 18.3 Å². The highest BCUT2D eigenvalue weighted by atomic mass is 79.9. The Hall–Kier alpha value is -0.555. The average Bonchev–Trinajstić information content (AvgIpc) is 2.75. The second-order valence-corrected chi connectivity index (χ2v) is 8.48. The Balaban J connectivity index is 2.27. The molecule has 1 fully saturated rings. The Kier molecular flexibility index (Phi) is 6.63. The summed E-state index contributed by atoms with van der Waals surface area (Å²) in [6, 6.07) is 5.60. The molecule has 4 nitrogen and oxygen atoms in total. The number of alkyl halides is 1. The van der Waals surface area contributed by atoms with Gasteiger partial charge in [0.1, 0.15) is 0 Å². The smallest absolute Gasteiger partial charge is 0.469 e. The number of ether oxygens (including phenoxy) is 1. The third kappa shape index (κ3) is 4.41. The summed E-state index contributed by atoms with van der Waals surface area (Å²) in [4.78, 5) is 12.1. The first-order chi connectivity index (χ1) is 11.6. The second-order valence-electron chi connectivity index (χ2n) is 7.28. The number of halogens is 2. The third-order valence-corrected chi connectivity index (χ3v) is 5.93. The lowest BCUT2D eigenvalue weighted by Gasteiger charge is -2.32. The molecule has 0 aromatic heterocycles. The van der Waals surface area contributed by atoms with Crippen LogP contribution in [0.15, 0.2) is 18.2 Å². The maximum Gasteiger partial charge on any atom is 0.496 e. The monoisotopic (exact) mass is 430 g/mol. The summed E-state index contributed by atoms with van der Waals surface area (Å²) < 4.78 is 17.1. The molecule has 1 heterocycles. The van der Waals surface area contributed by atoms with Gasteiger partial charge >= 0.3 is 13.1 Å². The van der Waals surface area contributed by atoms with Crippen LogP contribution in [-0.2, 0) is 18.8 Å². The van der Waals surface area contributed by atoms with E-state index in [4.69, 9.17) is 25.6 Å². The van der Waals surface area contributed by atoms with Crippen LogP contribution in [0.3, 0.4) is 0 Å². The molecule has 2 rings (SSSR count). The first kappa shape index (κ1) is 20.8. The standard InChI is InChI=1S/C18H25BBrClO4/c1-17(2)18(3,4)25-19(24-17)14-9-8-12(11-15(14)21)13(7-6-10-20)16(22)23-5/h8-9,11,13H,6-7,10H2,1-5H3. The van der Waals surface area contributed by atoms with Crippen LogP contribution in [0, 0.1) is 0 Å². The Morgan fingerprint density at radius 1 is 1.28 bits per heavy atom. The molecule has 0 saturated carbocycles. The largest absolute Gasteiger partial charge is 0.496 e. The van der Waals surface area contributed by atoms with Gasteiger partial charge < -0.3 is 14.0 Å². The summed E-state index contributed by atoms with van der Waals surface area (Å²) in [7, 11) is 0.884. The van der Waals surface area contributed by atoms with E-state index in [0.717, 1.165) is 22.8 Å². The zero-order valence-electron chi connectivity index (χ0n) is 15.4. The molecule has 1 aromatic rings. The van der Waals surface area contributed by atoms with Crippen molar-refractivity contribution in [2.24, 2.45) is 0 Å². The molecule has 1 aliphatic rings. The molecular weight excluding hydrogens is 406 g/mol. The zero-order chi connectivity index (χ0) is 18.8. The number of carbonyl (C=O) groups excluding carboxylic acids is 1. The van der Waals surface area contributed by atoms with Gasteiger partial charge in [-0.05, 0) is 52.2 Å². The number of benzene rings is 1. The van der Waals surface area contributed by atoms with Gasteiger partial charge in [-0.15, -0.1) is 0 Å². The Morgan fingerprint density at radius 3 is 2.36 bits per heavy atom. The SMILES string of the molecule is COC(=O)C(CCCBr)c1ccc(B2OC(C)(C)C(C)(C)O2)c(Cl)c1. The van der Waals surface area contributed by atoms with Crippen LogP contribution in [0.1, 0.15) is 52.0 Å². The number of hydrogen-bond donors (Lipinski definition) is 0. The fraction of sp³-hybridized carbons (Fsp3) is 0.611. The van der Waals surface area contributed by atoms with Gasteiger partial charge in [0.05, 0.1) is 24.2 Å². The quantitative estimate of drug-likeness (QED) is 0.387. The first-order valence-electron chi connectivity index (χ1n) is 8.41. The van der Waals surface area contributed by atoms with E-state index in [9.17, 15) is 4.79 Å². The highest BCUT2D eigenvalue weighted by Gasteiger charge is 2.52. The molecule has 0 amide bonds. The van der Waals surface area contributed by atoms with Gasteiger partial charge in [-0.1, -0.05) is 39.7 Å². The lowest BCUT2D eigenvalue weighted by Crippen LogP contribution is -2.41. The molecule has 7 heteroatoms. The van der Waals surface area contributed by atoms with Gasteiger partial charge in [-0.25, -0.2) is 0 Å². The van der Waals surface area contributed by atoms with Gasteiger partial charge in [-0.2, -0.15) is 0 Å². The molecule has 0 radical (unpaired) electrons. The highest BCUT2D eigenvalue weighted by Crippen LogP contribution is 2.37. The second kappa shape index (κ2) is 7.99. The maximum absolute atomic E-state index is 12.1. The van der Waals surface area contributed by atoms with Gasteiger partial charge in [0, 0.05) is 15.8 Å². The van der Waals surface area contributed by atoms with E-state index in [1.54, 1.807) is 0 Å². The molecule has 0 bridgehead atoms. The van der Waals surface area contributed by atoms with Crippen LogP contribution in [0.25, 0.3) is 0 Å². The molecule has 1 saturated heterocycles. The molecule has 25 heavy (non-hydrogen) atoms. The Bertz CT molecular complexity index is 620. The molecule has 1 aromatic carbocycles. The number of methoxy groups -OCH3 is 1. The van der Waals surface area contributed by atoms with Crippen molar-refractivity contribution in [2.75, 3.05) is 12.4 Å². The van der Waals surface area contributed by atoms with Crippen LogP contribution in [0.5, 0.6) is 0 Å². The molecule has 0 aliphatic carbocycles. The van der Waals surface area contributed by atoms with Gasteiger partial charge in [0.15, 0.2) is 0 Å². The predicted octanol–water partition coefficient (Wildman–Crippen LogP) is 4.07. The summed E-state index contributed by atoms with van der Waals surface area (Å²) >= 11 is 9.90. The lowest BCUT2D eigenvalue weighted by molar-refractivity contribution is -0.142. The Morgan fingerprint density at radius 2 is 1.88 bits per heavy atom. The minimum Gasteiger partial charge on any atom is -0.469 e. The molecule has 1 aliphatic heterocycles. The molecule has 0 N–H and O–H groups in total. The van der Waals surface area contributed by atoms with Crippen molar-refractivity contribution in [1.29, 1.82) is 0 Å². The number of hydrogen-bond acceptors (Lipinski definition) is 4. The summed E-state index contributed by atoms with van der Waals surface area (Å²) in [5.41, 5.74) is 0.764. The van der Waals surface area contributed by atoms with Crippen molar-refractivity contribution < 1.29 is 18.8 Å². The van der Waals surface area contributed by atoms with E-state index in [-0.39, 0.29) is 11.9 Å². The summed E-state index contributed by atoms with van der Waals surface area (Å²) in [5.74, 6) is -0.576. The van der Waals surface area contributed by atoms with Crippen molar-refractivity contribution >= 4 is 46.1 Å². The normalized spacial score (nSPS) is 19.7. The summed E-state index contributed by atoms with van der Waals surface area (Å²) in [6.45, 7) is 8.01. The fourth-order valence-corrected chi connectivity index (χ4v) is 3.37. The van der Waals surface area contributed by atoms with Gasteiger partial charge in [0.2, 0.25) is 0 Å². The predicted molar refractivity (Wildman–Crippen MR) is 105 cm³/mol. The van der Waals surface area contributed by atoms with E-state index in [1.807, 2.05) is 45.9 Å². The van der Waals surface area contributed by atoms with Crippen LogP contribution < -0.4 is 5.46 Å². The molecule has 0 spiro atoms. The number of esters is 1. The fourth-order valence-electron chi connectivity index (χ4n) is 2.77. The van der Waals surface area contributed by atoms with E-state index in [1.165, 1.54) is 7.11 Å². The van der Waals surface area contributed by atoms with Crippen LogP contribution >= 0.6 is 27.5 Å². The average molecular weight is 432 g/mol. The molecule has 1 unspecified atom stereocenters. The minimum absolute atomic E-state index is 0.250. The van der Waals surface area contributed by atoms with Gasteiger partial charge in [-0.3, -0.25) is 4.79 Å². The van der Waals surface area contributed by atoms with E-state index >= 15 is 0 Å². The first-order valence-corrected chi connectivity index (χ1v) is 9.91. The van der Waals surface area contributed by atoms with Crippen molar-refractivity contribution in [3.05, 3.63) is 28.8 Å². The molecule has 138 valence electrons. The van der Waals surface area contributed by atoms with Crippen LogP contribution in [0.4, 0.5) is 0 Å².